The Kier molecular flexibility index (Phi) is 8.93. The summed E-state index contributed by atoms with van der Waals surface area (Å²) in [6, 6.07) is 12.7. The third-order valence-electron chi connectivity index (χ3n) is 5.76. The van der Waals surface area contributed by atoms with Gasteiger partial charge in [-0.25, -0.2) is 5.43 Å². The van der Waals surface area contributed by atoms with Crippen LogP contribution in [-0.2, 0) is 4.74 Å². The summed E-state index contributed by atoms with van der Waals surface area (Å²) < 4.78 is 5.46. The largest absolute Gasteiger partial charge is 0.507 e. The second-order valence-electron chi connectivity index (χ2n) is 8.79. The van der Waals surface area contributed by atoms with Crippen molar-refractivity contribution in [2.75, 3.05) is 55.1 Å². The van der Waals surface area contributed by atoms with Crippen molar-refractivity contribution in [1.82, 2.24) is 15.0 Å². The van der Waals surface area contributed by atoms with Gasteiger partial charge >= 0.3 is 0 Å². The summed E-state index contributed by atoms with van der Waals surface area (Å²) >= 11 is 0. The maximum absolute atomic E-state index is 10.3. The number of morpholine rings is 1. The lowest BCUT2D eigenvalue weighted by Gasteiger charge is -2.27. The molecule has 37 heavy (non-hydrogen) atoms. The molecule has 0 bridgehead atoms. The number of hydrogen-bond acceptors (Lipinski definition) is 11. The number of hydrogen-bond donors (Lipinski definition) is 2. The minimum atomic E-state index is 0.0738. The molecule has 0 spiro atoms. The van der Waals surface area contributed by atoms with E-state index in [2.05, 4.69) is 47.5 Å². The summed E-state index contributed by atoms with van der Waals surface area (Å²) in [5.74, 6) is 1.55. The Morgan fingerprint density at radius 3 is 2.62 bits per heavy atom. The molecule has 1 aliphatic rings. The number of ether oxygens (including phenoxy) is 1. The van der Waals surface area contributed by atoms with Crippen LogP contribution in [0.5, 0.6) is 5.75 Å². The van der Waals surface area contributed by atoms with E-state index in [-0.39, 0.29) is 5.75 Å². The number of phenolic OH excluding ortho intramolecular Hbond substituents is 1. The minimum Gasteiger partial charge on any atom is -0.507 e. The maximum atomic E-state index is 10.3. The molecule has 1 aromatic heterocycles. The molecular weight excluding hydrogens is 470 g/mol. The van der Waals surface area contributed by atoms with E-state index in [1.54, 1.807) is 18.2 Å². The first kappa shape index (κ1) is 26.0. The van der Waals surface area contributed by atoms with E-state index in [0.717, 1.165) is 30.6 Å². The van der Waals surface area contributed by atoms with Gasteiger partial charge in [0, 0.05) is 32.2 Å². The zero-order valence-electron chi connectivity index (χ0n) is 21.5. The van der Waals surface area contributed by atoms with Crippen molar-refractivity contribution in [2.45, 2.75) is 26.7 Å². The molecule has 11 nitrogen and oxygen atoms in total. The molecule has 1 saturated heterocycles. The maximum Gasteiger partial charge on any atom is 0.250 e. The van der Waals surface area contributed by atoms with Gasteiger partial charge in [-0.05, 0) is 49.2 Å². The van der Waals surface area contributed by atoms with Gasteiger partial charge in [-0.1, -0.05) is 25.5 Å². The van der Waals surface area contributed by atoms with E-state index in [1.807, 2.05) is 43.1 Å². The number of hydrazone groups is 1. The van der Waals surface area contributed by atoms with Crippen LogP contribution in [0.4, 0.5) is 29.2 Å². The van der Waals surface area contributed by atoms with E-state index >= 15 is 0 Å². The molecule has 0 aliphatic carbocycles. The summed E-state index contributed by atoms with van der Waals surface area (Å²) in [6.07, 6.45) is 3.61. The number of nitrogens with one attached hydrogen (secondary N) is 1. The highest BCUT2D eigenvalue weighted by Crippen LogP contribution is 2.24. The van der Waals surface area contributed by atoms with Crippen molar-refractivity contribution in [1.29, 1.82) is 0 Å². The second kappa shape index (κ2) is 12.7. The van der Waals surface area contributed by atoms with Gasteiger partial charge in [-0.2, -0.15) is 30.3 Å². The van der Waals surface area contributed by atoms with E-state index in [9.17, 15) is 5.11 Å². The summed E-state index contributed by atoms with van der Waals surface area (Å²) in [5.41, 5.74) is 5.83. The van der Waals surface area contributed by atoms with Gasteiger partial charge in [0.2, 0.25) is 17.8 Å². The van der Waals surface area contributed by atoms with Crippen molar-refractivity contribution < 1.29 is 9.84 Å². The first-order valence-corrected chi connectivity index (χ1v) is 12.4. The number of nitrogens with zero attached hydrogens (tertiary/aromatic N) is 8. The number of anilines is 3. The molecule has 194 valence electrons. The Hall–Kier alpha value is -4.12. The van der Waals surface area contributed by atoms with Crippen LogP contribution in [0, 0.1) is 6.92 Å². The standard InChI is InChI=1S/C26H33N9O2/c1-4-5-11-34(3)25-28-24(29-26(30-25)35-12-14-37-15-13-35)33-27-18-20-17-22(9-10-23(20)36)32-31-21-8-6-7-19(2)16-21/h6-10,16-18,36H,4-5,11-15H2,1-3H3,(H,28,29,30,33)/b27-18+,32-31?. The van der Waals surface area contributed by atoms with Crippen LogP contribution in [0.2, 0.25) is 0 Å². The first-order chi connectivity index (χ1) is 18.0. The molecule has 0 radical (unpaired) electrons. The number of aromatic hydroxyl groups is 1. The quantitative estimate of drug-likeness (QED) is 0.229. The Morgan fingerprint density at radius 2 is 1.86 bits per heavy atom. The van der Waals surface area contributed by atoms with Gasteiger partial charge in [0.15, 0.2) is 0 Å². The van der Waals surface area contributed by atoms with Crippen molar-refractivity contribution in [3.8, 4) is 5.75 Å². The molecular formula is C26H33N9O2. The molecule has 0 unspecified atom stereocenters. The minimum absolute atomic E-state index is 0.0738. The molecule has 0 amide bonds. The molecule has 4 rings (SSSR count). The summed E-state index contributed by atoms with van der Waals surface area (Å²) in [7, 11) is 1.97. The zero-order chi connectivity index (χ0) is 26.0. The van der Waals surface area contributed by atoms with Crippen LogP contribution in [-0.4, -0.2) is 66.2 Å². The first-order valence-electron chi connectivity index (χ1n) is 12.4. The fraction of sp³-hybridized carbons (Fsp3) is 0.385. The zero-order valence-corrected chi connectivity index (χ0v) is 21.5. The SMILES string of the molecule is CCCCN(C)c1nc(N/N=C/c2cc(N=Nc3cccc(C)c3)ccc2O)nc(N2CCOCC2)n1. The van der Waals surface area contributed by atoms with Crippen LogP contribution in [0.3, 0.4) is 0 Å². The second-order valence-corrected chi connectivity index (χ2v) is 8.79. The normalized spacial score (nSPS) is 14.0. The molecule has 3 aromatic rings. The van der Waals surface area contributed by atoms with Crippen LogP contribution >= 0.6 is 0 Å². The van der Waals surface area contributed by atoms with Crippen molar-refractivity contribution in [3.63, 3.8) is 0 Å². The van der Waals surface area contributed by atoms with Crippen LogP contribution < -0.4 is 15.2 Å². The summed E-state index contributed by atoms with van der Waals surface area (Å²) in [5, 5.41) is 23.1. The topological polar surface area (TPSA) is 124 Å². The molecule has 2 heterocycles. The van der Waals surface area contributed by atoms with E-state index in [0.29, 0.717) is 55.4 Å². The predicted molar refractivity (Wildman–Crippen MR) is 146 cm³/mol. The van der Waals surface area contributed by atoms with Crippen molar-refractivity contribution in [3.05, 3.63) is 53.6 Å². The number of aryl methyl sites for hydroxylation is 1. The molecule has 1 fully saturated rings. The van der Waals surface area contributed by atoms with E-state index in [1.165, 1.54) is 6.21 Å². The Morgan fingerprint density at radius 1 is 1.08 bits per heavy atom. The third kappa shape index (κ3) is 7.43. The Labute approximate surface area is 217 Å². The molecule has 2 N–H and O–H groups in total. The third-order valence-corrected chi connectivity index (χ3v) is 5.76. The monoisotopic (exact) mass is 503 g/mol. The fourth-order valence-corrected chi connectivity index (χ4v) is 3.65. The highest BCUT2D eigenvalue weighted by Gasteiger charge is 2.18. The number of phenols is 1. The van der Waals surface area contributed by atoms with Crippen LogP contribution in [0.1, 0.15) is 30.9 Å². The highest BCUT2D eigenvalue weighted by atomic mass is 16.5. The van der Waals surface area contributed by atoms with Gasteiger partial charge in [-0.15, -0.1) is 0 Å². The number of aromatic nitrogens is 3. The lowest BCUT2D eigenvalue weighted by atomic mass is 10.2. The number of benzene rings is 2. The number of unbranched alkanes of at least 4 members (excludes halogenated alkanes) is 1. The van der Waals surface area contributed by atoms with E-state index < -0.39 is 0 Å². The molecule has 0 saturated carbocycles. The highest BCUT2D eigenvalue weighted by molar-refractivity contribution is 5.85. The van der Waals surface area contributed by atoms with Crippen molar-refractivity contribution >= 4 is 35.4 Å². The van der Waals surface area contributed by atoms with Crippen LogP contribution in [0.15, 0.2) is 57.8 Å². The fourth-order valence-electron chi connectivity index (χ4n) is 3.65. The van der Waals surface area contributed by atoms with Gasteiger partial charge in [0.05, 0.1) is 30.8 Å². The van der Waals surface area contributed by atoms with E-state index in [4.69, 9.17) is 4.74 Å². The number of azo groups is 1. The molecule has 0 atom stereocenters. The lowest BCUT2D eigenvalue weighted by Crippen LogP contribution is -2.38. The molecule has 1 aliphatic heterocycles. The average Bonchev–Trinajstić information content (AvgIpc) is 2.92. The molecule has 11 heteroatoms. The average molecular weight is 504 g/mol. The smallest absolute Gasteiger partial charge is 0.250 e. The summed E-state index contributed by atoms with van der Waals surface area (Å²) in [4.78, 5) is 17.9. The Bertz CT molecular complexity index is 1240. The number of rotatable bonds is 10. The van der Waals surface area contributed by atoms with Gasteiger partial charge in [-0.3, -0.25) is 0 Å². The molecule has 2 aromatic carbocycles. The van der Waals surface area contributed by atoms with Crippen LogP contribution in [0.25, 0.3) is 0 Å². The summed E-state index contributed by atoms with van der Waals surface area (Å²) in [6.45, 7) is 7.67. The van der Waals surface area contributed by atoms with Gasteiger partial charge in [0.1, 0.15) is 5.75 Å². The Balaban J connectivity index is 1.51. The van der Waals surface area contributed by atoms with Gasteiger partial charge < -0.3 is 19.6 Å². The lowest BCUT2D eigenvalue weighted by molar-refractivity contribution is 0.122. The van der Waals surface area contributed by atoms with Crippen molar-refractivity contribution in [2.24, 2.45) is 15.3 Å². The van der Waals surface area contributed by atoms with Gasteiger partial charge in [0.25, 0.3) is 0 Å². The predicted octanol–water partition coefficient (Wildman–Crippen LogP) is 4.82.